The van der Waals surface area contributed by atoms with Crippen molar-refractivity contribution in [2.45, 2.75) is 19.8 Å². The van der Waals surface area contributed by atoms with E-state index in [9.17, 15) is 4.79 Å². The van der Waals surface area contributed by atoms with E-state index in [1.54, 1.807) is 24.8 Å². The van der Waals surface area contributed by atoms with E-state index in [0.717, 1.165) is 12.8 Å². The molecular formula is C10H12NO. The van der Waals surface area contributed by atoms with Crippen LogP contribution in [0.3, 0.4) is 0 Å². The fourth-order valence-corrected chi connectivity index (χ4v) is 0.889. The van der Waals surface area contributed by atoms with Crippen molar-refractivity contribution in [1.29, 1.82) is 0 Å². The molecule has 0 aliphatic rings. The number of rotatable bonds is 4. The van der Waals surface area contributed by atoms with E-state index in [0.29, 0.717) is 5.69 Å². The molecule has 0 bridgehead atoms. The first-order valence-corrected chi connectivity index (χ1v) is 4.13. The van der Waals surface area contributed by atoms with E-state index in [1.807, 2.05) is 13.0 Å². The van der Waals surface area contributed by atoms with Crippen LogP contribution in [0.2, 0.25) is 0 Å². The molecule has 1 aromatic rings. The highest BCUT2D eigenvalue weighted by atomic mass is 16.1. The molecular weight excluding hydrogens is 150 g/mol. The van der Waals surface area contributed by atoms with Crippen LogP contribution in [0.15, 0.2) is 24.4 Å². The van der Waals surface area contributed by atoms with Gasteiger partial charge in [0.1, 0.15) is 5.69 Å². The Morgan fingerprint density at radius 1 is 1.58 bits per heavy atom. The lowest BCUT2D eigenvalue weighted by Crippen LogP contribution is -2.01. The molecule has 0 unspecified atom stereocenters. The molecule has 0 N–H and O–H groups in total. The Morgan fingerprint density at radius 3 is 3.00 bits per heavy atom. The molecule has 0 fully saturated rings. The first-order valence-electron chi connectivity index (χ1n) is 4.13. The maximum Gasteiger partial charge on any atom is 0.184 e. The van der Waals surface area contributed by atoms with E-state index in [-0.39, 0.29) is 5.78 Å². The number of aromatic nitrogens is 1. The standard InChI is InChI=1S/C10H12NO/c1-2-3-7-10(12)9-6-4-5-8-11-9/h4-8H,2-3H2,1H3. The minimum atomic E-state index is 0.0254. The third kappa shape index (κ3) is 2.46. The molecule has 12 heavy (non-hydrogen) atoms. The monoisotopic (exact) mass is 162 g/mol. The first kappa shape index (κ1) is 8.91. The van der Waals surface area contributed by atoms with E-state index < -0.39 is 0 Å². The first-order chi connectivity index (χ1) is 5.84. The van der Waals surface area contributed by atoms with Gasteiger partial charge in [0.2, 0.25) is 0 Å². The number of ketones is 1. The molecule has 2 nitrogen and oxygen atoms in total. The van der Waals surface area contributed by atoms with Crippen LogP contribution in [-0.2, 0) is 0 Å². The third-order valence-corrected chi connectivity index (χ3v) is 1.54. The number of pyridine rings is 1. The van der Waals surface area contributed by atoms with E-state index in [1.165, 1.54) is 0 Å². The summed E-state index contributed by atoms with van der Waals surface area (Å²) in [4.78, 5) is 15.2. The molecule has 0 aliphatic carbocycles. The molecule has 63 valence electrons. The van der Waals surface area contributed by atoms with Crippen LogP contribution in [0.25, 0.3) is 0 Å². The highest BCUT2D eigenvalue weighted by Crippen LogP contribution is 2.01. The van der Waals surface area contributed by atoms with Crippen molar-refractivity contribution < 1.29 is 4.79 Å². The smallest absolute Gasteiger partial charge is 0.184 e. The highest BCUT2D eigenvalue weighted by molar-refractivity contribution is 6.00. The fraction of sp³-hybridized carbons (Fsp3) is 0.300. The number of hydrogen-bond donors (Lipinski definition) is 0. The largest absolute Gasteiger partial charge is 0.292 e. The SMILES string of the molecule is CCC[CH]C(=O)c1ccccn1. The van der Waals surface area contributed by atoms with Crippen LogP contribution in [-0.4, -0.2) is 10.8 Å². The van der Waals surface area contributed by atoms with Crippen LogP contribution in [0.5, 0.6) is 0 Å². The summed E-state index contributed by atoms with van der Waals surface area (Å²) in [5, 5.41) is 0. The normalized spacial score (nSPS) is 9.75. The van der Waals surface area contributed by atoms with Crippen molar-refractivity contribution in [2.75, 3.05) is 0 Å². The van der Waals surface area contributed by atoms with Crippen LogP contribution in [0.1, 0.15) is 30.3 Å². The van der Waals surface area contributed by atoms with Gasteiger partial charge in [-0.3, -0.25) is 9.78 Å². The van der Waals surface area contributed by atoms with E-state index >= 15 is 0 Å². The Hall–Kier alpha value is -1.18. The minimum Gasteiger partial charge on any atom is -0.292 e. The number of nitrogens with zero attached hydrogens (tertiary/aromatic N) is 1. The van der Waals surface area contributed by atoms with Crippen molar-refractivity contribution in [3.8, 4) is 0 Å². The van der Waals surface area contributed by atoms with Gasteiger partial charge in [-0.05, 0) is 18.6 Å². The van der Waals surface area contributed by atoms with Gasteiger partial charge in [0.05, 0.1) is 0 Å². The number of carbonyl (C=O) groups excluding carboxylic acids is 1. The second kappa shape index (κ2) is 4.65. The molecule has 0 aliphatic heterocycles. The molecule has 0 atom stereocenters. The summed E-state index contributed by atoms with van der Waals surface area (Å²) >= 11 is 0. The van der Waals surface area contributed by atoms with E-state index in [2.05, 4.69) is 4.98 Å². The van der Waals surface area contributed by atoms with Gasteiger partial charge in [-0.25, -0.2) is 0 Å². The third-order valence-electron chi connectivity index (χ3n) is 1.54. The Labute approximate surface area is 72.6 Å². The van der Waals surface area contributed by atoms with Crippen LogP contribution < -0.4 is 0 Å². The van der Waals surface area contributed by atoms with E-state index in [4.69, 9.17) is 0 Å². The van der Waals surface area contributed by atoms with Gasteiger partial charge in [0, 0.05) is 12.6 Å². The van der Waals surface area contributed by atoms with Gasteiger partial charge in [-0.15, -0.1) is 0 Å². The lowest BCUT2D eigenvalue weighted by molar-refractivity contribution is 0.102. The van der Waals surface area contributed by atoms with Gasteiger partial charge >= 0.3 is 0 Å². The molecule has 1 rings (SSSR count). The van der Waals surface area contributed by atoms with Gasteiger partial charge in [0.15, 0.2) is 5.78 Å². The van der Waals surface area contributed by atoms with Gasteiger partial charge in [-0.1, -0.05) is 19.4 Å². The highest BCUT2D eigenvalue weighted by Gasteiger charge is 2.04. The summed E-state index contributed by atoms with van der Waals surface area (Å²) in [6.45, 7) is 2.04. The molecule has 0 aromatic carbocycles. The maximum atomic E-state index is 11.3. The minimum absolute atomic E-state index is 0.0254. The quantitative estimate of drug-likeness (QED) is 0.636. The van der Waals surface area contributed by atoms with Crippen LogP contribution in [0, 0.1) is 6.42 Å². The van der Waals surface area contributed by atoms with Gasteiger partial charge in [0.25, 0.3) is 0 Å². The Kier molecular flexibility index (Phi) is 3.45. The zero-order chi connectivity index (χ0) is 8.81. The zero-order valence-corrected chi connectivity index (χ0v) is 7.16. The van der Waals surface area contributed by atoms with Gasteiger partial charge < -0.3 is 0 Å². The summed E-state index contributed by atoms with van der Waals surface area (Å²) < 4.78 is 0. The molecule has 0 spiro atoms. The predicted molar refractivity (Wildman–Crippen MR) is 47.8 cm³/mol. The topological polar surface area (TPSA) is 30.0 Å². The Balaban J connectivity index is 2.54. The number of carbonyl (C=O) groups is 1. The molecule has 0 saturated heterocycles. The van der Waals surface area contributed by atoms with Gasteiger partial charge in [-0.2, -0.15) is 0 Å². The summed E-state index contributed by atoms with van der Waals surface area (Å²) in [5.41, 5.74) is 0.533. The summed E-state index contributed by atoms with van der Waals surface area (Å²) in [5.74, 6) is 0.0254. The number of Topliss-reactive ketones (excluding diaryl/α,β-unsaturated/α-hetero) is 1. The van der Waals surface area contributed by atoms with Crippen LogP contribution in [0.4, 0.5) is 0 Å². The molecule has 1 radical (unpaired) electrons. The summed E-state index contributed by atoms with van der Waals surface area (Å²) in [7, 11) is 0. The molecule has 0 saturated carbocycles. The van der Waals surface area contributed by atoms with Crippen LogP contribution >= 0.6 is 0 Å². The van der Waals surface area contributed by atoms with Crippen molar-refractivity contribution in [1.82, 2.24) is 4.98 Å². The number of unbranched alkanes of at least 4 members (excludes halogenated alkanes) is 1. The maximum absolute atomic E-state index is 11.3. The fourth-order valence-electron chi connectivity index (χ4n) is 0.889. The summed E-state index contributed by atoms with van der Waals surface area (Å²) in [6.07, 6.45) is 5.14. The van der Waals surface area contributed by atoms with Crippen molar-refractivity contribution in [2.24, 2.45) is 0 Å². The lowest BCUT2D eigenvalue weighted by atomic mass is 10.1. The second-order valence-electron chi connectivity index (χ2n) is 2.57. The van der Waals surface area contributed by atoms with Crippen molar-refractivity contribution in [3.05, 3.63) is 36.5 Å². The zero-order valence-electron chi connectivity index (χ0n) is 7.16. The predicted octanol–water partition coefficient (Wildman–Crippen LogP) is 2.27. The van der Waals surface area contributed by atoms with Crippen molar-refractivity contribution >= 4 is 5.78 Å². The molecule has 1 heterocycles. The lowest BCUT2D eigenvalue weighted by Gasteiger charge is -1.96. The average Bonchev–Trinajstić information content (AvgIpc) is 2.15. The Bertz CT molecular complexity index is 243. The van der Waals surface area contributed by atoms with Crippen molar-refractivity contribution in [3.63, 3.8) is 0 Å². The number of hydrogen-bond acceptors (Lipinski definition) is 2. The average molecular weight is 162 g/mol. The molecule has 0 amide bonds. The molecule has 1 aromatic heterocycles. The molecule has 2 heteroatoms. The Morgan fingerprint density at radius 2 is 2.42 bits per heavy atom. The second-order valence-corrected chi connectivity index (χ2v) is 2.57. The summed E-state index contributed by atoms with van der Waals surface area (Å²) in [6, 6.07) is 5.35.